The maximum absolute atomic E-state index is 12.4. The lowest BCUT2D eigenvalue weighted by molar-refractivity contribution is -0.158. The van der Waals surface area contributed by atoms with E-state index in [1.54, 1.807) is 32.4 Å². The number of aromatic nitrogens is 2. The first-order valence-electron chi connectivity index (χ1n) is 8.55. The van der Waals surface area contributed by atoms with Gasteiger partial charge in [-0.2, -0.15) is 5.10 Å². The van der Waals surface area contributed by atoms with Crippen LogP contribution in [0.15, 0.2) is 24.3 Å². The Bertz CT molecular complexity index is 798. The minimum absolute atomic E-state index is 0.390. The first-order chi connectivity index (χ1) is 12.1. The molecule has 6 nitrogen and oxygen atoms in total. The molecule has 26 heavy (non-hydrogen) atoms. The number of hydrogen-bond donors (Lipinski definition) is 0. The zero-order valence-electron chi connectivity index (χ0n) is 16.3. The number of carbonyl (C=O) groups is 2. The maximum Gasteiger partial charge on any atom is 0.344 e. The molecule has 1 heterocycles. The van der Waals surface area contributed by atoms with Gasteiger partial charge in [0.1, 0.15) is 11.2 Å². The first-order valence-corrected chi connectivity index (χ1v) is 8.55. The van der Waals surface area contributed by atoms with Gasteiger partial charge < -0.3 is 9.47 Å². The number of esters is 2. The predicted octanol–water partition coefficient (Wildman–Crippen LogP) is 3.36. The lowest BCUT2D eigenvalue weighted by Crippen LogP contribution is -2.27. The summed E-state index contributed by atoms with van der Waals surface area (Å²) in [5, 5.41) is 4.44. The van der Waals surface area contributed by atoms with Gasteiger partial charge in [0, 0.05) is 0 Å². The third kappa shape index (κ3) is 5.18. The molecule has 2 aromatic rings. The van der Waals surface area contributed by atoms with E-state index >= 15 is 0 Å². The summed E-state index contributed by atoms with van der Waals surface area (Å²) < 4.78 is 12.0. The molecule has 0 aliphatic carbocycles. The van der Waals surface area contributed by atoms with Crippen LogP contribution in [0.25, 0.3) is 0 Å². The van der Waals surface area contributed by atoms with Crippen molar-refractivity contribution in [1.82, 2.24) is 9.78 Å². The molecule has 6 heteroatoms. The molecule has 0 radical (unpaired) electrons. The monoisotopic (exact) mass is 358 g/mol. The number of hydrogen-bond acceptors (Lipinski definition) is 5. The van der Waals surface area contributed by atoms with Crippen LogP contribution >= 0.6 is 0 Å². The molecule has 1 aromatic heterocycles. The summed E-state index contributed by atoms with van der Waals surface area (Å²) in [7, 11) is 0. The van der Waals surface area contributed by atoms with Gasteiger partial charge in [0.05, 0.1) is 17.9 Å². The fourth-order valence-corrected chi connectivity index (χ4v) is 2.58. The van der Waals surface area contributed by atoms with Gasteiger partial charge in [-0.15, -0.1) is 0 Å². The minimum atomic E-state index is -0.617. The van der Waals surface area contributed by atoms with Gasteiger partial charge in [0.2, 0.25) is 0 Å². The Morgan fingerprint density at radius 3 is 2.27 bits per heavy atom. The van der Waals surface area contributed by atoms with Crippen molar-refractivity contribution in [3.8, 4) is 0 Å². The highest BCUT2D eigenvalue weighted by Gasteiger charge is 2.22. The number of carbonyl (C=O) groups excluding carboxylic acids is 2. The van der Waals surface area contributed by atoms with Crippen LogP contribution in [-0.4, -0.2) is 33.9 Å². The zero-order chi connectivity index (χ0) is 19.5. The molecule has 0 amide bonds. The lowest BCUT2D eigenvalue weighted by Gasteiger charge is -2.19. The summed E-state index contributed by atoms with van der Waals surface area (Å²) in [5.74, 6) is -1.14. The average Bonchev–Trinajstić information content (AvgIpc) is 2.80. The van der Waals surface area contributed by atoms with Crippen molar-refractivity contribution < 1.29 is 19.1 Å². The summed E-state index contributed by atoms with van der Waals surface area (Å²) in [5.41, 5.74) is 3.33. The molecule has 0 atom stereocenters. The molecule has 0 unspecified atom stereocenters. The van der Waals surface area contributed by atoms with E-state index in [1.165, 1.54) is 5.56 Å². The minimum Gasteiger partial charge on any atom is -0.457 e. The summed E-state index contributed by atoms with van der Waals surface area (Å²) >= 11 is 0. The van der Waals surface area contributed by atoms with Crippen molar-refractivity contribution >= 4 is 11.9 Å². The molecule has 0 spiro atoms. The molecule has 0 fully saturated rings. The quantitative estimate of drug-likeness (QED) is 0.767. The standard InChI is InChI=1S/C20H26N2O4/c1-13-7-9-16(10-8-13)11-22-15(3)18(14(2)21-22)19(24)25-12-17(23)26-20(4,5)6/h7-10H,11-12H2,1-6H3. The predicted molar refractivity (Wildman–Crippen MR) is 98.1 cm³/mol. The van der Waals surface area contributed by atoms with E-state index in [4.69, 9.17) is 9.47 Å². The Morgan fingerprint density at radius 1 is 1.08 bits per heavy atom. The van der Waals surface area contributed by atoms with E-state index in [9.17, 15) is 9.59 Å². The second-order valence-electron chi connectivity index (χ2n) is 7.35. The van der Waals surface area contributed by atoms with Gasteiger partial charge in [-0.1, -0.05) is 29.8 Å². The third-order valence-corrected chi connectivity index (χ3v) is 3.78. The molecule has 0 saturated carbocycles. The average molecular weight is 358 g/mol. The Hall–Kier alpha value is -2.63. The fraction of sp³-hybridized carbons (Fsp3) is 0.450. The van der Waals surface area contributed by atoms with Crippen molar-refractivity contribution in [3.63, 3.8) is 0 Å². The lowest BCUT2D eigenvalue weighted by atomic mass is 10.1. The van der Waals surface area contributed by atoms with Crippen LogP contribution in [0.5, 0.6) is 0 Å². The molecule has 0 aliphatic rings. The van der Waals surface area contributed by atoms with Crippen LogP contribution in [0, 0.1) is 20.8 Å². The molecule has 140 valence electrons. The SMILES string of the molecule is Cc1ccc(Cn2nc(C)c(C(=O)OCC(=O)OC(C)(C)C)c2C)cc1. The number of ether oxygens (including phenoxy) is 2. The zero-order valence-corrected chi connectivity index (χ0v) is 16.3. The van der Waals surface area contributed by atoms with Crippen molar-refractivity contribution in [1.29, 1.82) is 0 Å². The van der Waals surface area contributed by atoms with Crippen LogP contribution in [0.1, 0.15) is 53.6 Å². The molecular weight excluding hydrogens is 332 g/mol. The van der Waals surface area contributed by atoms with Crippen molar-refractivity contribution in [2.75, 3.05) is 6.61 Å². The number of rotatable bonds is 5. The van der Waals surface area contributed by atoms with Crippen molar-refractivity contribution in [3.05, 3.63) is 52.3 Å². The maximum atomic E-state index is 12.4. The Labute approximate surface area is 154 Å². The van der Waals surface area contributed by atoms with Crippen LogP contribution in [0.4, 0.5) is 0 Å². The summed E-state index contributed by atoms with van der Waals surface area (Å²) in [6, 6.07) is 8.15. The fourth-order valence-electron chi connectivity index (χ4n) is 2.58. The topological polar surface area (TPSA) is 70.4 Å². The normalized spacial score (nSPS) is 11.3. The van der Waals surface area contributed by atoms with Crippen molar-refractivity contribution in [2.45, 2.75) is 53.7 Å². The van der Waals surface area contributed by atoms with E-state index in [2.05, 4.69) is 5.10 Å². The van der Waals surface area contributed by atoms with Crippen LogP contribution in [0.2, 0.25) is 0 Å². The summed E-state index contributed by atoms with van der Waals surface area (Å²) in [6.45, 7) is 11.0. The van der Waals surface area contributed by atoms with Gasteiger partial charge >= 0.3 is 11.9 Å². The summed E-state index contributed by atoms with van der Waals surface area (Å²) in [6.07, 6.45) is 0. The van der Waals surface area contributed by atoms with E-state index in [-0.39, 0.29) is 0 Å². The van der Waals surface area contributed by atoms with Gasteiger partial charge in [0.25, 0.3) is 0 Å². The number of benzene rings is 1. The summed E-state index contributed by atoms with van der Waals surface area (Å²) in [4.78, 5) is 24.1. The molecule has 2 rings (SSSR count). The molecular formula is C20H26N2O4. The Morgan fingerprint density at radius 2 is 1.69 bits per heavy atom. The second kappa shape index (κ2) is 7.72. The Kier molecular flexibility index (Phi) is 5.85. The van der Waals surface area contributed by atoms with E-state index in [1.807, 2.05) is 38.1 Å². The second-order valence-corrected chi connectivity index (χ2v) is 7.35. The third-order valence-electron chi connectivity index (χ3n) is 3.78. The number of nitrogens with zero attached hydrogens (tertiary/aromatic N) is 2. The molecule has 0 saturated heterocycles. The largest absolute Gasteiger partial charge is 0.457 e. The van der Waals surface area contributed by atoms with Gasteiger partial charge in [-0.3, -0.25) is 4.68 Å². The van der Waals surface area contributed by atoms with E-state index < -0.39 is 24.1 Å². The highest BCUT2D eigenvalue weighted by atomic mass is 16.6. The highest BCUT2D eigenvalue weighted by Crippen LogP contribution is 2.17. The molecule has 0 N–H and O–H groups in total. The van der Waals surface area contributed by atoms with Crippen LogP contribution < -0.4 is 0 Å². The Balaban J connectivity index is 2.07. The van der Waals surface area contributed by atoms with Crippen LogP contribution in [0.3, 0.4) is 0 Å². The van der Waals surface area contributed by atoms with E-state index in [0.717, 1.165) is 5.56 Å². The molecule has 1 aromatic carbocycles. The van der Waals surface area contributed by atoms with Gasteiger partial charge in [0.15, 0.2) is 6.61 Å². The van der Waals surface area contributed by atoms with Gasteiger partial charge in [-0.25, -0.2) is 9.59 Å². The van der Waals surface area contributed by atoms with E-state index in [0.29, 0.717) is 23.5 Å². The highest BCUT2D eigenvalue weighted by molar-refractivity contribution is 5.93. The molecule has 0 aliphatic heterocycles. The van der Waals surface area contributed by atoms with Crippen molar-refractivity contribution in [2.24, 2.45) is 0 Å². The molecule has 0 bridgehead atoms. The van der Waals surface area contributed by atoms with Gasteiger partial charge in [-0.05, 0) is 47.1 Å². The first kappa shape index (κ1) is 19.7. The smallest absolute Gasteiger partial charge is 0.344 e. The number of aryl methyl sites for hydroxylation is 2. The van der Waals surface area contributed by atoms with Crippen LogP contribution in [-0.2, 0) is 20.8 Å².